The molecule has 0 saturated carbocycles. The van der Waals surface area contributed by atoms with Crippen molar-refractivity contribution in [2.45, 2.75) is 32.7 Å². The van der Waals surface area contributed by atoms with Crippen molar-refractivity contribution in [3.05, 3.63) is 0 Å². The normalized spacial score (nSPS) is 14.4. The molecule has 0 bridgehead atoms. The van der Waals surface area contributed by atoms with Crippen molar-refractivity contribution in [2.75, 3.05) is 38.4 Å². The SMILES string of the molecule is CCNC(C)(CSCCCOC)C(=O)OCC. The topological polar surface area (TPSA) is 47.6 Å². The first-order valence-electron chi connectivity index (χ1n) is 6.09. The fraction of sp³-hybridized carbons (Fsp3) is 0.917. The van der Waals surface area contributed by atoms with E-state index in [4.69, 9.17) is 9.47 Å². The maximum Gasteiger partial charge on any atom is 0.326 e. The minimum absolute atomic E-state index is 0.166. The Hall–Kier alpha value is -0.260. The van der Waals surface area contributed by atoms with Crippen LogP contribution in [0.15, 0.2) is 0 Å². The lowest BCUT2D eigenvalue weighted by molar-refractivity contribution is -0.149. The van der Waals surface area contributed by atoms with E-state index in [0.717, 1.165) is 31.1 Å². The van der Waals surface area contributed by atoms with E-state index in [9.17, 15) is 4.79 Å². The van der Waals surface area contributed by atoms with Crippen LogP contribution in [0.2, 0.25) is 0 Å². The molecule has 0 aromatic rings. The minimum atomic E-state index is -0.581. The average Bonchev–Trinajstić information content (AvgIpc) is 2.29. The van der Waals surface area contributed by atoms with Crippen LogP contribution in [-0.4, -0.2) is 49.9 Å². The van der Waals surface area contributed by atoms with Gasteiger partial charge in [-0.2, -0.15) is 11.8 Å². The van der Waals surface area contributed by atoms with E-state index >= 15 is 0 Å². The standard InChI is InChI=1S/C12H25NO3S/c1-5-13-12(3,11(14)16-6-2)10-17-9-7-8-15-4/h13H,5-10H2,1-4H3. The number of ether oxygens (including phenoxy) is 2. The van der Waals surface area contributed by atoms with Gasteiger partial charge in [0.25, 0.3) is 0 Å². The lowest BCUT2D eigenvalue weighted by Gasteiger charge is -2.27. The Morgan fingerprint density at radius 1 is 1.41 bits per heavy atom. The number of methoxy groups -OCH3 is 1. The zero-order valence-electron chi connectivity index (χ0n) is 11.4. The first-order valence-corrected chi connectivity index (χ1v) is 7.25. The van der Waals surface area contributed by atoms with Crippen molar-refractivity contribution in [1.29, 1.82) is 0 Å². The van der Waals surface area contributed by atoms with Gasteiger partial charge in [0.15, 0.2) is 0 Å². The summed E-state index contributed by atoms with van der Waals surface area (Å²) >= 11 is 1.75. The highest BCUT2D eigenvalue weighted by molar-refractivity contribution is 7.99. The zero-order chi connectivity index (χ0) is 13.1. The molecule has 1 unspecified atom stereocenters. The molecule has 0 aliphatic rings. The van der Waals surface area contributed by atoms with E-state index in [0.29, 0.717) is 6.61 Å². The molecule has 0 amide bonds. The van der Waals surface area contributed by atoms with Gasteiger partial charge in [0, 0.05) is 19.5 Å². The summed E-state index contributed by atoms with van der Waals surface area (Å²) in [6.45, 7) is 7.67. The first-order chi connectivity index (χ1) is 8.10. The second-order valence-electron chi connectivity index (χ2n) is 3.98. The largest absolute Gasteiger partial charge is 0.465 e. The fourth-order valence-electron chi connectivity index (χ4n) is 1.44. The van der Waals surface area contributed by atoms with Gasteiger partial charge in [-0.25, -0.2) is 0 Å². The van der Waals surface area contributed by atoms with Crippen molar-refractivity contribution < 1.29 is 14.3 Å². The van der Waals surface area contributed by atoms with E-state index in [2.05, 4.69) is 5.32 Å². The summed E-state index contributed by atoms with van der Waals surface area (Å²) < 4.78 is 10.1. The van der Waals surface area contributed by atoms with Crippen molar-refractivity contribution >= 4 is 17.7 Å². The van der Waals surface area contributed by atoms with E-state index in [1.54, 1.807) is 18.9 Å². The number of hydrogen-bond donors (Lipinski definition) is 1. The second-order valence-corrected chi connectivity index (χ2v) is 5.09. The van der Waals surface area contributed by atoms with Crippen LogP contribution in [0.25, 0.3) is 0 Å². The van der Waals surface area contributed by atoms with Gasteiger partial charge in [-0.05, 0) is 32.6 Å². The van der Waals surface area contributed by atoms with Gasteiger partial charge in [0.05, 0.1) is 6.61 Å². The Bertz CT molecular complexity index is 214. The maximum atomic E-state index is 11.9. The zero-order valence-corrected chi connectivity index (χ0v) is 12.2. The lowest BCUT2D eigenvalue weighted by Crippen LogP contribution is -2.52. The minimum Gasteiger partial charge on any atom is -0.465 e. The number of nitrogens with one attached hydrogen (secondary N) is 1. The number of thioether (sulfide) groups is 1. The van der Waals surface area contributed by atoms with E-state index in [-0.39, 0.29) is 5.97 Å². The molecule has 0 fully saturated rings. The van der Waals surface area contributed by atoms with Gasteiger partial charge < -0.3 is 14.8 Å². The molecule has 4 nitrogen and oxygen atoms in total. The van der Waals surface area contributed by atoms with Crippen LogP contribution < -0.4 is 5.32 Å². The van der Waals surface area contributed by atoms with Gasteiger partial charge in [-0.3, -0.25) is 4.79 Å². The molecule has 0 saturated heterocycles. The highest BCUT2D eigenvalue weighted by Crippen LogP contribution is 2.16. The van der Waals surface area contributed by atoms with E-state index in [1.807, 2.05) is 20.8 Å². The molecular formula is C12H25NO3S. The number of rotatable bonds is 10. The Kier molecular flexibility index (Phi) is 9.59. The molecule has 1 atom stereocenters. The predicted molar refractivity (Wildman–Crippen MR) is 72.5 cm³/mol. The summed E-state index contributed by atoms with van der Waals surface area (Å²) in [5.74, 6) is 1.55. The van der Waals surface area contributed by atoms with E-state index < -0.39 is 5.54 Å². The molecule has 1 N–H and O–H groups in total. The summed E-state index contributed by atoms with van der Waals surface area (Å²) in [6.07, 6.45) is 1.01. The molecule has 0 rings (SSSR count). The number of carbonyl (C=O) groups excluding carboxylic acids is 1. The third kappa shape index (κ3) is 6.91. The molecule has 0 heterocycles. The van der Waals surface area contributed by atoms with Gasteiger partial charge >= 0.3 is 5.97 Å². The Morgan fingerprint density at radius 2 is 2.12 bits per heavy atom. The maximum absolute atomic E-state index is 11.9. The lowest BCUT2D eigenvalue weighted by atomic mass is 10.1. The summed E-state index contributed by atoms with van der Waals surface area (Å²) in [5, 5.41) is 3.21. The predicted octanol–water partition coefficient (Wildman–Crippen LogP) is 1.69. The van der Waals surface area contributed by atoms with Gasteiger partial charge in [-0.1, -0.05) is 6.92 Å². The first kappa shape index (κ1) is 16.7. The molecule has 0 aromatic heterocycles. The molecular weight excluding hydrogens is 238 g/mol. The van der Waals surface area contributed by atoms with Crippen LogP contribution in [0.1, 0.15) is 27.2 Å². The van der Waals surface area contributed by atoms with Crippen LogP contribution in [0.5, 0.6) is 0 Å². The second kappa shape index (κ2) is 9.74. The highest BCUT2D eigenvalue weighted by atomic mass is 32.2. The molecule has 5 heteroatoms. The van der Waals surface area contributed by atoms with Gasteiger partial charge in [-0.15, -0.1) is 0 Å². The van der Waals surface area contributed by atoms with E-state index in [1.165, 1.54) is 0 Å². The number of likely N-dealkylation sites (N-methyl/N-ethyl adjacent to an activating group) is 1. The van der Waals surface area contributed by atoms with Crippen LogP contribution >= 0.6 is 11.8 Å². The van der Waals surface area contributed by atoms with Crippen LogP contribution in [0.3, 0.4) is 0 Å². The third-order valence-electron chi connectivity index (χ3n) is 2.32. The Labute approximate surface area is 109 Å². The highest BCUT2D eigenvalue weighted by Gasteiger charge is 2.33. The molecule has 0 aliphatic heterocycles. The van der Waals surface area contributed by atoms with Crippen LogP contribution in [0, 0.1) is 0 Å². The smallest absolute Gasteiger partial charge is 0.326 e. The van der Waals surface area contributed by atoms with Crippen molar-refractivity contribution in [3.63, 3.8) is 0 Å². The van der Waals surface area contributed by atoms with Crippen molar-refractivity contribution in [2.24, 2.45) is 0 Å². The molecule has 0 aromatic carbocycles. The monoisotopic (exact) mass is 263 g/mol. The van der Waals surface area contributed by atoms with Gasteiger partial charge in [0.1, 0.15) is 5.54 Å². The third-order valence-corrected chi connectivity index (χ3v) is 3.68. The van der Waals surface area contributed by atoms with Crippen molar-refractivity contribution in [3.8, 4) is 0 Å². The quantitative estimate of drug-likeness (QED) is 0.480. The summed E-state index contributed by atoms with van der Waals surface area (Å²) in [7, 11) is 1.70. The van der Waals surface area contributed by atoms with Crippen LogP contribution in [0.4, 0.5) is 0 Å². The van der Waals surface area contributed by atoms with Crippen LogP contribution in [-0.2, 0) is 14.3 Å². The molecule has 17 heavy (non-hydrogen) atoms. The fourth-order valence-corrected chi connectivity index (χ4v) is 2.54. The Balaban J connectivity index is 4.07. The summed E-state index contributed by atoms with van der Waals surface area (Å²) in [6, 6.07) is 0. The van der Waals surface area contributed by atoms with Gasteiger partial charge in [0.2, 0.25) is 0 Å². The van der Waals surface area contributed by atoms with Crippen molar-refractivity contribution in [1.82, 2.24) is 5.32 Å². The number of esters is 1. The average molecular weight is 263 g/mol. The summed E-state index contributed by atoms with van der Waals surface area (Å²) in [4.78, 5) is 11.9. The summed E-state index contributed by atoms with van der Waals surface area (Å²) in [5.41, 5.74) is -0.581. The molecule has 0 aliphatic carbocycles. The molecule has 102 valence electrons. The Morgan fingerprint density at radius 3 is 2.65 bits per heavy atom. The molecule has 0 radical (unpaired) electrons. The molecule has 0 spiro atoms. The number of carbonyl (C=O) groups is 1. The number of hydrogen-bond acceptors (Lipinski definition) is 5.